The lowest BCUT2D eigenvalue weighted by Crippen LogP contribution is -2.22. The van der Waals surface area contributed by atoms with Crippen molar-refractivity contribution in [1.29, 1.82) is 0 Å². The molecule has 0 aromatic heterocycles. The first kappa shape index (κ1) is 21.9. The lowest BCUT2D eigenvalue weighted by Gasteiger charge is -2.13. The summed E-state index contributed by atoms with van der Waals surface area (Å²) < 4.78 is 5.77. The average Bonchev–Trinajstić information content (AvgIpc) is 2.72. The van der Waals surface area contributed by atoms with E-state index in [-0.39, 0.29) is 5.75 Å². The second kappa shape index (κ2) is 12.9. The minimum Gasteiger partial charge on any atom is -0.508 e. The SMILES string of the molecule is CCCCCCCCOc1ccc(CONC(C=O)c2ccc(O)cc2)cc1. The maximum Gasteiger partial charge on any atom is 0.143 e. The number of phenols is 1. The molecule has 5 heteroatoms. The molecule has 1 unspecified atom stereocenters. The first-order valence-corrected chi connectivity index (χ1v) is 10.1. The van der Waals surface area contributed by atoms with E-state index >= 15 is 0 Å². The lowest BCUT2D eigenvalue weighted by atomic mass is 10.1. The average molecular weight is 386 g/mol. The Hall–Kier alpha value is -2.37. The standard InChI is InChI=1S/C23H31NO4/c1-2-3-4-5-6-7-16-27-22-14-8-19(9-15-22)18-28-24-23(17-25)20-10-12-21(26)13-11-20/h8-15,17,23-24,26H,2-7,16,18H2,1H3. The van der Waals surface area contributed by atoms with Gasteiger partial charge in [0.2, 0.25) is 0 Å². The van der Waals surface area contributed by atoms with Gasteiger partial charge < -0.3 is 14.6 Å². The highest BCUT2D eigenvalue weighted by atomic mass is 16.6. The summed E-state index contributed by atoms with van der Waals surface area (Å²) in [5.74, 6) is 1.02. The van der Waals surface area contributed by atoms with Gasteiger partial charge in [-0.25, -0.2) is 0 Å². The number of nitrogens with one attached hydrogen (secondary N) is 1. The number of rotatable bonds is 14. The molecule has 0 amide bonds. The minimum absolute atomic E-state index is 0.160. The highest BCUT2D eigenvalue weighted by Gasteiger charge is 2.10. The third-order valence-electron chi connectivity index (χ3n) is 4.53. The van der Waals surface area contributed by atoms with Crippen LogP contribution in [0.4, 0.5) is 0 Å². The molecule has 0 spiro atoms. The van der Waals surface area contributed by atoms with E-state index in [1.165, 1.54) is 44.2 Å². The number of hydrogen-bond donors (Lipinski definition) is 2. The van der Waals surface area contributed by atoms with Crippen molar-refractivity contribution < 1.29 is 19.5 Å². The lowest BCUT2D eigenvalue weighted by molar-refractivity contribution is -0.114. The quantitative estimate of drug-likeness (QED) is 0.269. The molecule has 0 heterocycles. The topological polar surface area (TPSA) is 67.8 Å². The van der Waals surface area contributed by atoms with Crippen molar-refractivity contribution in [1.82, 2.24) is 5.48 Å². The van der Waals surface area contributed by atoms with Crippen LogP contribution < -0.4 is 10.2 Å². The summed E-state index contributed by atoms with van der Waals surface area (Å²) in [5.41, 5.74) is 4.46. The molecular formula is C23H31NO4. The van der Waals surface area contributed by atoms with Crippen LogP contribution in [0.3, 0.4) is 0 Å². The summed E-state index contributed by atoms with van der Waals surface area (Å²) in [7, 11) is 0. The van der Waals surface area contributed by atoms with Gasteiger partial charge in [0, 0.05) is 0 Å². The maximum absolute atomic E-state index is 11.3. The Balaban J connectivity index is 1.66. The van der Waals surface area contributed by atoms with E-state index in [0.717, 1.165) is 36.2 Å². The van der Waals surface area contributed by atoms with Gasteiger partial charge in [-0.15, -0.1) is 0 Å². The van der Waals surface area contributed by atoms with Gasteiger partial charge in [-0.1, -0.05) is 63.3 Å². The molecular weight excluding hydrogens is 354 g/mol. The molecule has 152 valence electrons. The van der Waals surface area contributed by atoms with Gasteiger partial charge in [-0.2, -0.15) is 5.48 Å². The first-order valence-electron chi connectivity index (χ1n) is 10.1. The summed E-state index contributed by atoms with van der Waals surface area (Å²) in [5, 5.41) is 9.32. The van der Waals surface area contributed by atoms with Crippen molar-refractivity contribution >= 4 is 6.29 Å². The summed E-state index contributed by atoms with van der Waals surface area (Å²) in [6.45, 7) is 3.31. The molecule has 5 nitrogen and oxygen atoms in total. The smallest absolute Gasteiger partial charge is 0.143 e. The number of aldehydes is 1. The summed E-state index contributed by atoms with van der Waals surface area (Å²) in [4.78, 5) is 16.7. The van der Waals surface area contributed by atoms with Crippen LogP contribution in [-0.2, 0) is 16.2 Å². The largest absolute Gasteiger partial charge is 0.508 e. The Labute approximate surface area is 167 Å². The Bertz CT molecular complexity index is 670. The molecule has 28 heavy (non-hydrogen) atoms. The normalized spacial score (nSPS) is 11.9. The van der Waals surface area contributed by atoms with Crippen LogP contribution >= 0.6 is 0 Å². The number of ether oxygens (including phenoxy) is 1. The van der Waals surface area contributed by atoms with Crippen molar-refractivity contribution in [3.8, 4) is 11.5 Å². The van der Waals surface area contributed by atoms with E-state index in [9.17, 15) is 9.90 Å². The van der Waals surface area contributed by atoms with Crippen LogP contribution in [-0.4, -0.2) is 18.0 Å². The van der Waals surface area contributed by atoms with Crippen molar-refractivity contribution in [2.45, 2.75) is 58.1 Å². The molecule has 0 aliphatic carbocycles. The minimum atomic E-state index is -0.583. The van der Waals surface area contributed by atoms with Crippen LogP contribution in [0.5, 0.6) is 11.5 Å². The molecule has 0 aliphatic heterocycles. The van der Waals surface area contributed by atoms with Crippen molar-refractivity contribution in [2.24, 2.45) is 0 Å². The number of hydrogen-bond acceptors (Lipinski definition) is 5. The van der Waals surface area contributed by atoms with Crippen molar-refractivity contribution in [3.63, 3.8) is 0 Å². The molecule has 1 atom stereocenters. The van der Waals surface area contributed by atoms with Gasteiger partial charge in [-0.3, -0.25) is 4.84 Å². The van der Waals surface area contributed by atoms with Gasteiger partial charge in [-0.05, 0) is 41.8 Å². The number of benzene rings is 2. The highest BCUT2D eigenvalue weighted by molar-refractivity contribution is 5.61. The van der Waals surface area contributed by atoms with Gasteiger partial charge in [0.25, 0.3) is 0 Å². The monoisotopic (exact) mass is 385 g/mol. The van der Waals surface area contributed by atoms with E-state index in [0.29, 0.717) is 6.61 Å². The zero-order valence-corrected chi connectivity index (χ0v) is 16.6. The molecule has 2 aromatic rings. The zero-order valence-electron chi connectivity index (χ0n) is 16.6. The van der Waals surface area contributed by atoms with Crippen LogP contribution in [0.2, 0.25) is 0 Å². The van der Waals surface area contributed by atoms with E-state index in [2.05, 4.69) is 12.4 Å². The number of carbonyl (C=O) groups excluding carboxylic acids is 1. The fourth-order valence-corrected chi connectivity index (χ4v) is 2.83. The molecule has 0 fully saturated rings. The molecule has 0 radical (unpaired) electrons. The van der Waals surface area contributed by atoms with Crippen LogP contribution in [0, 0.1) is 0 Å². The second-order valence-corrected chi connectivity index (χ2v) is 6.87. The predicted octanol–water partition coefficient (Wildman–Crippen LogP) is 5.09. The Morgan fingerprint density at radius 3 is 2.32 bits per heavy atom. The molecule has 2 N–H and O–H groups in total. The van der Waals surface area contributed by atoms with Crippen molar-refractivity contribution in [2.75, 3.05) is 6.61 Å². The Morgan fingerprint density at radius 2 is 1.64 bits per heavy atom. The third kappa shape index (κ3) is 8.11. The predicted molar refractivity (Wildman–Crippen MR) is 110 cm³/mol. The molecule has 0 saturated heterocycles. The number of hydroxylamine groups is 1. The number of carbonyl (C=O) groups is 1. The Morgan fingerprint density at radius 1 is 0.964 bits per heavy atom. The van der Waals surface area contributed by atoms with Gasteiger partial charge in [0.15, 0.2) is 0 Å². The van der Waals surface area contributed by atoms with Gasteiger partial charge in [0.1, 0.15) is 23.8 Å². The second-order valence-electron chi connectivity index (χ2n) is 6.87. The molecule has 2 aromatic carbocycles. The van der Waals surface area contributed by atoms with Crippen LogP contribution in [0.15, 0.2) is 48.5 Å². The van der Waals surface area contributed by atoms with E-state index < -0.39 is 6.04 Å². The van der Waals surface area contributed by atoms with Gasteiger partial charge >= 0.3 is 0 Å². The van der Waals surface area contributed by atoms with Gasteiger partial charge in [0.05, 0.1) is 13.2 Å². The first-order chi connectivity index (χ1) is 13.7. The maximum atomic E-state index is 11.3. The van der Waals surface area contributed by atoms with Crippen LogP contribution in [0.25, 0.3) is 0 Å². The molecule has 0 saturated carbocycles. The Kier molecular flexibility index (Phi) is 10.1. The molecule has 0 bridgehead atoms. The summed E-state index contributed by atoms with van der Waals surface area (Å²) in [6.07, 6.45) is 8.27. The third-order valence-corrected chi connectivity index (χ3v) is 4.53. The summed E-state index contributed by atoms with van der Waals surface area (Å²) in [6, 6.07) is 13.6. The highest BCUT2D eigenvalue weighted by Crippen LogP contribution is 2.17. The molecule has 0 aliphatic rings. The molecule has 2 rings (SSSR count). The number of aromatic hydroxyl groups is 1. The number of unbranched alkanes of at least 4 members (excludes halogenated alkanes) is 5. The van der Waals surface area contributed by atoms with E-state index in [1.807, 2.05) is 24.3 Å². The van der Waals surface area contributed by atoms with E-state index in [4.69, 9.17) is 9.57 Å². The van der Waals surface area contributed by atoms with Crippen molar-refractivity contribution in [3.05, 3.63) is 59.7 Å². The fraction of sp³-hybridized carbons (Fsp3) is 0.435. The van der Waals surface area contributed by atoms with E-state index in [1.54, 1.807) is 12.1 Å². The zero-order chi connectivity index (χ0) is 20.0. The fourth-order valence-electron chi connectivity index (χ4n) is 2.83. The van der Waals surface area contributed by atoms with Crippen LogP contribution in [0.1, 0.15) is 62.6 Å². The summed E-state index contributed by atoms with van der Waals surface area (Å²) >= 11 is 0. The number of phenolic OH excluding ortho intramolecular Hbond substituents is 1.